The van der Waals surface area contributed by atoms with E-state index in [4.69, 9.17) is 9.15 Å². The minimum atomic E-state index is -0.492. The van der Waals surface area contributed by atoms with Crippen LogP contribution in [-0.2, 0) is 11.2 Å². The number of carbonyl (C=O) groups is 2. The molecule has 2 atom stereocenters. The van der Waals surface area contributed by atoms with Crippen molar-refractivity contribution in [3.63, 3.8) is 0 Å². The van der Waals surface area contributed by atoms with E-state index in [1.54, 1.807) is 0 Å². The van der Waals surface area contributed by atoms with Gasteiger partial charge < -0.3 is 24.3 Å². The number of unbranched alkanes of at least 4 members (excludes halogenated alkanes) is 1. The number of hydrogen-bond acceptors (Lipinski definition) is 6. The highest BCUT2D eigenvalue weighted by Crippen LogP contribution is 2.61. The van der Waals surface area contributed by atoms with Crippen molar-refractivity contribution in [2.75, 3.05) is 20.1 Å². The van der Waals surface area contributed by atoms with Crippen molar-refractivity contribution < 1.29 is 18.7 Å². The van der Waals surface area contributed by atoms with E-state index in [1.807, 2.05) is 37.6 Å². The summed E-state index contributed by atoms with van der Waals surface area (Å²) < 4.78 is 11.1. The van der Waals surface area contributed by atoms with Gasteiger partial charge >= 0.3 is 12.1 Å². The molecule has 0 unspecified atom stereocenters. The third kappa shape index (κ3) is 4.04. The van der Waals surface area contributed by atoms with Crippen LogP contribution in [0.15, 0.2) is 4.42 Å². The van der Waals surface area contributed by atoms with Crippen molar-refractivity contribution in [1.29, 1.82) is 0 Å². The molecule has 4 rings (SSSR count). The largest absolute Gasteiger partial charge is 0.444 e. The van der Waals surface area contributed by atoms with Gasteiger partial charge in [0.15, 0.2) is 0 Å². The normalized spacial score (nSPS) is 24.9. The first-order valence-corrected chi connectivity index (χ1v) is 10.5. The molecule has 3 fully saturated rings. The van der Waals surface area contributed by atoms with Gasteiger partial charge in [-0.25, -0.2) is 9.59 Å². The molecule has 1 aliphatic carbocycles. The van der Waals surface area contributed by atoms with Crippen LogP contribution in [0.25, 0.3) is 0 Å². The predicted molar refractivity (Wildman–Crippen MR) is 104 cm³/mol. The van der Waals surface area contributed by atoms with Gasteiger partial charge in [-0.2, -0.15) is 0 Å². The minimum absolute atomic E-state index is 0.0664. The monoisotopic (exact) mass is 405 g/mol. The molecule has 2 saturated heterocycles. The van der Waals surface area contributed by atoms with Crippen LogP contribution in [-0.4, -0.2) is 63.9 Å². The molecule has 2 aliphatic heterocycles. The summed E-state index contributed by atoms with van der Waals surface area (Å²) in [5.74, 6) is 1.14. The Morgan fingerprint density at radius 1 is 1.31 bits per heavy atom. The van der Waals surface area contributed by atoms with Gasteiger partial charge in [-0.1, -0.05) is 0 Å². The molecule has 1 aromatic heterocycles. The van der Waals surface area contributed by atoms with E-state index in [2.05, 4.69) is 15.5 Å². The first-order chi connectivity index (χ1) is 13.7. The summed E-state index contributed by atoms with van der Waals surface area (Å²) in [6, 6.07) is 0.282. The van der Waals surface area contributed by atoms with E-state index in [1.165, 1.54) is 12.8 Å². The molecule has 9 heteroatoms. The van der Waals surface area contributed by atoms with Gasteiger partial charge in [0.2, 0.25) is 11.8 Å². The van der Waals surface area contributed by atoms with Gasteiger partial charge in [-0.15, -0.1) is 10.2 Å². The molecule has 0 aromatic carbocycles. The predicted octanol–water partition coefficient (Wildman–Crippen LogP) is 2.88. The summed E-state index contributed by atoms with van der Waals surface area (Å²) >= 11 is 0. The fourth-order valence-corrected chi connectivity index (χ4v) is 4.55. The number of nitrogens with one attached hydrogen (secondary N) is 1. The van der Waals surface area contributed by atoms with E-state index in [-0.39, 0.29) is 17.5 Å². The zero-order valence-corrected chi connectivity index (χ0v) is 17.7. The number of fused-ring (bicyclic) bond motifs is 3. The smallest absolute Gasteiger partial charge is 0.407 e. The number of carbonyl (C=O) groups excluding carboxylic acids is 2. The molecular formula is C20H31N5O4. The van der Waals surface area contributed by atoms with E-state index in [9.17, 15) is 9.59 Å². The second-order valence-electron chi connectivity index (χ2n) is 9.56. The maximum atomic E-state index is 12.6. The van der Waals surface area contributed by atoms with Crippen LogP contribution in [0, 0.1) is 5.41 Å². The van der Waals surface area contributed by atoms with Crippen LogP contribution in [0.3, 0.4) is 0 Å². The van der Waals surface area contributed by atoms with E-state index in [0.717, 1.165) is 25.8 Å². The van der Waals surface area contributed by atoms with Crippen LogP contribution in [0.1, 0.15) is 70.7 Å². The molecule has 3 aliphatic rings. The first kappa shape index (κ1) is 20.0. The van der Waals surface area contributed by atoms with Crippen molar-refractivity contribution in [3.05, 3.63) is 11.8 Å². The van der Waals surface area contributed by atoms with Gasteiger partial charge in [0.1, 0.15) is 11.6 Å². The molecule has 3 heterocycles. The number of urea groups is 1. The summed E-state index contributed by atoms with van der Waals surface area (Å²) in [7, 11) is 1.90. The Balaban J connectivity index is 1.26. The molecule has 160 valence electrons. The topological polar surface area (TPSA) is 101 Å². The van der Waals surface area contributed by atoms with Crippen LogP contribution in [0.2, 0.25) is 0 Å². The lowest BCUT2D eigenvalue weighted by Crippen LogP contribution is -2.41. The Morgan fingerprint density at radius 3 is 2.76 bits per heavy atom. The average Bonchev–Trinajstić information content (AvgIpc) is 3.14. The summed E-state index contributed by atoms with van der Waals surface area (Å²) in [5.41, 5.74) is -0.252. The molecule has 29 heavy (non-hydrogen) atoms. The fraction of sp³-hybridized carbons (Fsp3) is 0.800. The van der Waals surface area contributed by atoms with E-state index in [0.29, 0.717) is 30.8 Å². The number of alkyl carbamates (subject to hydrolysis) is 1. The Bertz CT molecular complexity index is 782. The lowest BCUT2D eigenvalue weighted by Gasteiger charge is -2.35. The van der Waals surface area contributed by atoms with Crippen molar-refractivity contribution in [2.45, 2.75) is 77.0 Å². The van der Waals surface area contributed by atoms with Gasteiger partial charge in [0, 0.05) is 26.6 Å². The number of rotatable bonds is 6. The minimum Gasteiger partial charge on any atom is -0.444 e. The third-order valence-corrected chi connectivity index (χ3v) is 6.21. The van der Waals surface area contributed by atoms with Crippen LogP contribution in [0.5, 0.6) is 0 Å². The standard InChI is InChI=1S/C20H31N5O4/c1-19(2,3)29-17(26)21-10-6-5-7-15-22-23-16(28-15)13-11-20(8-9-20)14-12-25(13)18(27)24(14)4/h13-14H,5-12H2,1-4H3,(H,21,26)/t13-,14-/m0/s1. The Hall–Kier alpha value is -2.32. The summed E-state index contributed by atoms with van der Waals surface area (Å²) in [5, 5.41) is 11.2. The van der Waals surface area contributed by atoms with Gasteiger partial charge in [-0.3, -0.25) is 0 Å². The molecule has 9 nitrogen and oxygen atoms in total. The van der Waals surface area contributed by atoms with Gasteiger partial charge in [0.25, 0.3) is 0 Å². The Morgan fingerprint density at radius 2 is 2.07 bits per heavy atom. The van der Waals surface area contributed by atoms with E-state index < -0.39 is 11.7 Å². The zero-order valence-electron chi connectivity index (χ0n) is 17.7. The summed E-state index contributed by atoms with van der Waals surface area (Å²) in [6.45, 7) is 6.81. The van der Waals surface area contributed by atoms with Crippen molar-refractivity contribution >= 4 is 12.1 Å². The SMILES string of the molecule is CN1C(=O)N2C[C@H]1C1(CC1)C[C@H]2c1nnc(CCCCNC(=O)OC(C)(C)C)o1. The highest BCUT2D eigenvalue weighted by Gasteiger charge is 2.62. The number of likely N-dealkylation sites (N-methyl/N-ethyl adjacent to an activating group) is 1. The summed E-state index contributed by atoms with van der Waals surface area (Å²) in [6.07, 6.45) is 5.12. The number of piperidine rings is 1. The zero-order chi connectivity index (χ0) is 20.8. The first-order valence-electron chi connectivity index (χ1n) is 10.5. The molecular weight excluding hydrogens is 374 g/mol. The molecule has 3 amide bonds. The van der Waals surface area contributed by atoms with Crippen LogP contribution < -0.4 is 5.32 Å². The third-order valence-electron chi connectivity index (χ3n) is 6.21. The Kier molecular flexibility index (Phi) is 4.94. The molecule has 1 aromatic rings. The molecule has 1 saturated carbocycles. The van der Waals surface area contributed by atoms with Crippen molar-refractivity contribution in [3.8, 4) is 0 Å². The fourth-order valence-electron chi connectivity index (χ4n) is 4.55. The number of aromatic nitrogens is 2. The van der Waals surface area contributed by atoms with Crippen LogP contribution >= 0.6 is 0 Å². The second kappa shape index (κ2) is 7.18. The van der Waals surface area contributed by atoms with Crippen molar-refractivity contribution in [1.82, 2.24) is 25.3 Å². The van der Waals surface area contributed by atoms with E-state index >= 15 is 0 Å². The second-order valence-corrected chi connectivity index (χ2v) is 9.56. The maximum absolute atomic E-state index is 12.6. The summed E-state index contributed by atoms with van der Waals surface area (Å²) in [4.78, 5) is 28.0. The van der Waals surface area contributed by atoms with Crippen molar-refractivity contribution in [2.24, 2.45) is 5.41 Å². The average molecular weight is 405 g/mol. The number of ether oxygens (including phenoxy) is 1. The highest BCUT2D eigenvalue weighted by atomic mass is 16.6. The number of aryl methyl sites for hydroxylation is 1. The molecule has 1 spiro atoms. The number of nitrogens with zero attached hydrogens (tertiary/aromatic N) is 4. The maximum Gasteiger partial charge on any atom is 0.407 e. The number of hydrogen-bond donors (Lipinski definition) is 1. The molecule has 1 N–H and O–H groups in total. The number of amides is 3. The van der Waals surface area contributed by atoms with Gasteiger partial charge in [-0.05, 0) is 58.3 Å². The van der Waals surface area contributed by atoms with Crippen LogP contribution in [0.4, 0.5) is 9.59 Å². The highest BCUT2D eigenvalue weighted by molar-refractivity contribution is 5.78. The molecule has 2 bridgehead atoms. The lowest BCUT2D eigenvalue weighted by molar-refractivity contribution is 0.0527. The van der Waals surface area contributed by atoms with Gasteiger partial charge in [0.05, 0.1) is 6.04 Å². The quantitative estimate of drug-likeness (QED) is 0.731. The molecule has 0 radical (unpaired) electrons. The lowest BCUT2D eigenvalue weighted by atomic mass is 9.85. The Labute approximate surface area is 171 Å².